The molecule has 0 atom stereocenters. The van der Waals surface area contributed by atoms with Crippen molar-refractivity contribution in [2.24, 2.45) is 0 Å². The van der Waals surface area contributed by atoms with Gasteiger partial charge in [0.15, 0.2) is 19.7 Å². The summed E-state index contributed by atoms with van der Waals surface area (Å²) < 4.78 is 46.1. The fraction of sp³-hybridized carbons (Fsp3) is 0.167. The van der Waals surface area contributed by atoms with Gasteiger partial charge >= 0.3 is 0 Å². The van der Waals surface area contributed by atoms with Crippen molar-refractivity contribution >= 4 is 30.4 Å². The zero-order valence-corrected chi connectivity index (χ0v) is 11.5. The third-order valence-electron chi connectivity index (χ3n) is 2.64. The van der Waals surface area contributed by atoms with E-state index in [9.17, 15) is 16.8 Å². The van der Waals surface area contributed by atoms with Crippen LogP contribution in [-0.2, 0) is 19.7 Å². The summed E-state index contributed by atoms with van der Waals surface area (Å²) in [6, 6.07) is 9.25. The first-order valence-electron chi connectivity index (χ1n) is 5.12. The summed E-state index contributed by atoms with van der Waals surface area (Å²) in [6.45, 7) is 0. The summed E-state index contributed by atoms with van der Waals surface area (Å²) in [4.78, 5) is 0.390. The molecule has 0 heterocycles. The zero-order chi connectivity index (χ0) is 13.6. The highest BCUT2D eigenvalue weighted by molar-refractivity contribution is 7.91. The molecule has 0 spiro atoms. The van der Waals surface area contributed by atoms with Crippen LogP contribution in [-0.4, -0.2) is 29.3 Å². The summed E-state index contributed by atoms with van der Waals surface area (Å²) in [6.07, 6.45) is 2.25. The Kier molecular flexibility index (Phi) is 2.95. The third kappa shape index (κ3) is 2.39. The van der Waals surface area contributed by atoms with Gasteiger partial charge in [0.05, 0.1) is 9.79 Å². The monoisotopic (exact) mass is 284 g/mol. The van der Waals surface area contributed by atoms with Gasteiger partial charge in [-0.25, -0.2) is 16.8 Å². The first kappa shape index (κ1) is 13.0. The lowest BCUT2D eigenvalue weighted by atomic mass is 10.1. The Bertz CT molecular complexity index is 818. The Labute approximate surface area is 106 Å². The number of sulfone groups is 2. The lowest BCUT2D eigenvalue weighted by molar-refractivity contribution is 0.601. The number of hydrogen-bond donors (Lipinski definition) is 0. The van der Waals surface area contributed by atoms with Crippen molar-refractivity contribution in [2.45, 2.75) is 9.79 Å². The molecule has 2 aromatic carbocycles. The first-order chi connectivity index (χ1) is 8.19. The van der Waals surface area contributed by atoms with Crippen LogP contribution in [0.2, 0.25) is 0 Å². The van der Waals surface area contributed by atoms with Crippen LogP contribution in [0.4, 0.5) is 0 Å². The van der Waals surface area contributed by atoms with Crippen molar-refractivity contribution in [1.82, 2.24) is 0 Å². The van der Waals surface area contributed by atoms with Crippen molar-refractivity contribution in [3.05, 3.63) is 36.4 Å². The summed E-state index contributed by atoms with van der Waals surface area (Å²) in [5, 5.41) is 1.13. The molecule has 0 aliphatic carbocycles. The molecule has 2 aromatic rings. The van der Waals surface area contributed by atoms with Gasteiger partial charge in [-0.05, 0) is 23.6 Å². The maximum Gasteiger partial charge on any atom is 0.176 e. The van der Waals surface area contributed by atoms with Gasteiger partial charge in [0, 0.05) is 17.9 Å². The number of rotatable bonds is 2. The second-order valence-electron chi connectivity index (χ2n) is 4.18. The Balaban J connectivity index is 2.85. The van der Waals surface area contributed by atoms with Crippen LogP contribution in [0.25, 0.3) is 10.8 Å². The molecule has 6 heteroatoms. The summed E-state index contributed by atoms with van der Waals surface area (Å²) >= 11 is 0. The largest absolute Gasteiger partial charge is 0.224 e. The minimum absolute atomic E-state index is 0.181. The van der Waals surface area contributed by atoms with Gasteiger partial charge in [-0.3, -0.25) is 0 Å². The summed E-state index contributed by atoms with van der Waals surface area (Å²) in [5.74, 6) is 0. The predicted octanol–water partition coefficient (Wildman–Crippen LogP) is 1.65. The van der Waals surface area contributed by atoms with Gasteiger partial charge in [-0.2, -0.15) is 0 Å². The SMILES string of the molecule is CS(=O)(=O)c1ccc2c(S(C)(=O)=O)cccc2c1. The van der Waals surface area contributed by atoms with Crippen LogP contribution < -0.4 is 0 Å². The van der Waals surface area contributed by atoms with E-state index in [1.165, 1.54) is 24.3 Å². The normalized spacial score (nSPS) is 12.8. The molecule has 0 aromatic heterocycles. The Hall–Kier alpha value is -1.40. The molecule has 0 aliphatic heterocycles. The van der Waals surface area contributed by atoms with E-state index in [-0.39, 0.29) is 9.79 Å². The highest BCUT2D eigenvalue weighted by Crippen LogP contribution is 2.25. The van der Waals surface area contributed by atoms with Crippen LogP contribution in [0.15, 0.2) is 46.2 Å². The van der Waals surface area contributed by atoms with E-state index in [2.05, 4.69) is 0 Å². The van der Waals surface area contributed by atoms with Crippen LogP contribution in [0, 0.1) is 0 Å². The molecule has 0 fully saturated rings. The molecule has 0 saturated carbocycles. The van der Waals surface area contributed by atoms with E-state index in [4.69, 9.17) is 0 Å². The lowest BCUT2D eigenvalue weighted by Gasteiger charge is -2.06. The van der Waals surface area contributed by atoms with Crippen molar-refractivity contribution in [1.29, 1.82) is 0 Å². The predicted molar refractivity (Wildman–Crippen MR) is 70.2 cm³/mol. The van der Waals surface area contributed by atoms with Gasteiger partial charge in [-0.1, -0.05) is 18.2 Å². The van der Waals surface area contributed by atoms with Gasteiger partial charge in [0.2, 0.25) is 0 Å². The number of benzene rings is 2. The van der Waals surface area contributed by atoms with Crippen LogP contribution in [0.5, 0.6) is 0 Å². The fourth-order valence-corrected chi connectivity index (χ4v) is 3.35. The topological polar surface area (TPSA) is 68.3 Å². The minimum Gasteiger partial charge on any atom is -0.224 e. The van der Waals surface area contributed by atoms with Gasteiger partial charge in [0.25, 0.3) is 0 Å². The molecular formula is C12H12O4S2. The maximum absolute atomic E-state index is 11.6. The van der Waals surface area contributed by atoms with Crippen LogP contribution in [0.3, 0.4) is 0 Å². The van der Waals surface area contributed by atoms with Crippen molar-refractivity contribution in [2.75, 3.05) is 12.5 Å². The third-order valence-corrected chi connectivity index (χ3v) is 4.90. The molecule has 0 unspecified atom stereocenters. The van der Waals surface area contributed by atoms with E-state index in [1.807, 2.05) is 0 Å². The van der Waals surface area contributed by atoms with Crippen LogP contribution in [0.1, 0.15) is 0 Å². The molecule has 0 saturated heterocycles. The average Bonchev–Trinajstić information content (AvgIpc) is 2.25. The Morgan fingerprint density at radius 2 is 1.50 bits per heavy atom. The second kappa shape index (κ2) is 4.07. The van der Waals surface area contributed by atoms with Gasteiger partial charge < -0.3 is 0 Å². The van der Waals surface area contributed by atoms with Crippen molar-refractivity contribution in [3.63, 3.8) is 0 Å². The number of hydrogen-bond acceptors (Lipinski definition) is 4. The molecule has 0 bridgehead atoms. The first-order valence-corrected chi connectivity index (χ1v) is 8.91. The number of fused-ring (bicyclic) bond motifs is 1. The van der Waals surface area contributed by atoms with E-state index in [1.54, 1.807) is 12.1 Å². The van der Waals surface area contributed by atoms with E-state index >= 15 is 0 Å². The van der Waals surface area contributed by atoms with E-state index < -0.39 is 19.7 Å². The Morgan fingerprint density at radius 1 is 0.833 bits per heavy atom. The quantitative estimate of drug-likeness (QED) is 0.841. The second-order valence-corrected chi connectivity index (χ2v) is 8.18. The zero-order valence-electron chi connectivity index (χ0n) is 9.91. The highest BCUT2D eigenvalue weighted by Gasteiger charge is 2.13. The Morgan fingerprint density at radius 3 is 2.06 bits per heavy atom. The smallest absolute Gasteiger partial charge is 0.176 e. The van der Waals surface area contributed by atoms with Crippen LogP contribution >= 0.6 is 0 Å². The average molecular weight is 284 g/mol. The molecule has 0 radical (unpaired) electrons. The minimum atomic E-state index is -3.33. The lowest BCUT2D eigenvalue weighted by Crippen LogP contribution is -2.00. The van der Waals surface area contributed by atoms with Gasteiger partial charge in [0.1, 0.15) is 0 Å². The fourth-order valence-electron chi connectivity index (χ4n) is 1.79. The molecule has 18 heavy (non-hydrogen) atoms. The molecule has 4 nitrogen and oxygen atoms in total. The molecule has 96 valence electrons. The maximum atomic E-state index is 11.6. The van der Waals surface area contributed by atoms with E-state index in [0.29, 0.717) is 10.8 Å². The standard InChI is InChI=1S/C12H12O4S2/c1-17(13,14)10-6-7-11-9(8-10)4-3-5-12(11)18(2,15)16/h3-8H,1-2H3. The molecule has 0 N–H and O–H groups in total. The van der Waals surface area contributed by atoms with Gasteiger partial charge in [-0.15, -0.1) is 0 Å². The molecule has 0 aliphatic rings. The summed E-state index contributed by atoms with van der Waals surface area (Å²) in [5.41, 5.74) is 0. The highest BCUT2D eigenvalue weighted by atomic mass is 32.2. The van der Waals surface area contributed by atoms with E-state index in [0.717, 1.165) is 12.5 Å². The molecular weight excluding hydrogens is 272 g/mol. The van der Waals surface area contributed by atoms with Crippen molar-refractivity contribution < 1.29 is 16.8 Å². The molecule has 2 rings (SSSR count). The molecule has 0 amide bonds. The van der Waals surface area contributed by atoms with Crippen molar-refractivity contribution in [3.8, 4) is 0 Å². The summed E-state index contributed by atoms with van der Waals surface area (Å²) in [7, 11) is -6.62.